The van der Waals surface area contributed by atoms with Gasteiger partial charge in [0.15, 0.2) is 0 Å². The van der Waals surface area contributed by atoms with Gasteiger partial charge >= 0.3 is 0 Å². The van der Waals surface area contributed by atoms with Crippen LogP contribution in [-0.4, -0.2) is 20.4 Å². The highest BCUT2D eigenvalue weighted by atomic mass is 15.2. The molecule has 0 N–H and O–H groups in total. The molecule has 0 atom stereocenters. The van der Waals surface area contributed by atoms with Crippen LogP contribution in [-0.2, 0) is 21.7 Å². The molecule has 5 nitrogen and oxygen atoms in total. The fourth-order valence-corrected chi connectivity index (χ4v) is 20.2. The van der Waals surface area contributed by atoms with E-state index in [0.717, 1.165) is 129 Å². The van der Waals surface area contributed by atoms with Gasteiger partial charge in [-0.3, -0.25) is 0 Å². The van der Waals surface area contributed by atoms with Gasteiger partial charge < -0.3 is 23.5 Å². The Morgan fingerprint density at radius 2 is 0.484 bits per heavy atom. The third-order valence-electron chi connectivity index (χ3n) is 26.6. The zero-order valence-corrected chi connectivity index (χ0v) is 72.6. The molecular formula is C118H98BN5. The third-order valence-corrected chi connectivity index (χ3v) is 26.6. The molecule has 0 spiro atoms. The van der Waals surface area contributed by atoms with Crippen molar-refractivity contribution in [2.24, 2.45) is 0 Å². The Kier molecular flexibility index (Phi) is 17.6. The fraction of sp³-hybridized carbons (Fsp3) is 0.136. The van der Waals surface area contributed by atoms with Crippen LogP contribution in [0.3, 0.4) is 0 Å². The lowest BCUT2D eigenvalue weighted by molar-refractivity contribution is 0.590. The first-order valence-corrected chi connectivity index (χ1v) is 44.0. The van der Waals surface area contributed by atoms with Gasteiger partial charge in [0.05, 0.1) is 44.5 Å². The Morgan fingerprint density at radius 1 is 0.194 bits per heavy atom. The molecule has 20 aromatic rings. The van der Waals surface area contributed by atoms with Gasteiger partial charge in [-0.25, -0.2) is 0 Å². The minimum atomic E-state index is -0.317. The zero-order valence-electron chi connectivity index (χ0n) is 72.6. The summed E-state index contributed by atoms with van der Waals surface area (Å²) in [5, 5.41) is 7.30. The number of hydrogen-bond acceptors (Lipinski definition) is 2. The van der Waals surface area contributed by atoms with Crippen LogP contribution in [0, 0.1) is 0 Å². The molecule has 0 aliphatic carbocycles. The second kappa shape index (κ2) is 28.7. The summed E-state index contributed by atoms with van der Waals surface area (Å²) in [6.45, 7) is 27.9. The average Bonchev–Trinajstić information content (AvgIpc) is 0.837. The first-order valence-electron chi connectivity index (χ1n) is 44.0. The van der Waals surface area contributed by atoms with Crippen molar-refractivity contribution in [3.63, 3.8) is 0 Å². The molecule has 0 saturated heterocycles. The highest BCUT2D eigenvalue weighted by Crippen LogP contribution is 2.57. The lowest BCUT2D eigenvalue weighted by atomic mass is 9.33. The van der Waals surface area contributed by atoms with E-state index in [1.165, 1.54) is 93.0 Å². The second-order valence-corrected chi connectivity index (χ2v) is 38.5. The van der Waals surface area contributed by atoms with Crippen LogP contribution in [0.2, 0.25) is 0 Å². The standard InChI is InChI=1S/C118H98BN5/c1-115(2,3)83-54-61-106-98(68-83)99-69-84(116(4,5)6)55-62-107(99)122(106)89-56-58-101-109(74-89)124(114-94(77-39-23-15-24-40-77)72-86(118(10,11)12)73-95(114)78-41-25-16-26-42-78)111-67-82(80-53-60-105-97(64-80)91-48-32-34-50-103(91)121(105)88-45-29-18-30-46-88)66-110-112(111)119(101)100-57-51-81(79-52-59-104-96(63-79)90-47-31-33-49-102(90)120(104)87-43-27-17-28-44-87)65-108(100)123(110)113-92(75-35-19-13-20-36-75)70-85(117(7,8)9)71-93(113)76-37-21-14-22-38-76/h13-74H,1-12H3. The molecule has 2 aliphatic rings. The Bertz CT molecular complexity index is 7480. The monoisotopic (exact) mass is 1600 g/mol. The number of rotatable bonds is 11. The first-order chi connectivity index (χ1) is 60.1. The van der Waals surface area contributed by atoms with Crippen LogP contribution in [0.25, 0.3) is 149 Å². The van der Waals surface area contributed by atoms with Crippen LogP contribution in [0.5, 0.6) is 0 Å². The van der Waals surface area contributed by atoms with Crippen molar-refractivity contribution in [2.75, 3.05) is 9.80 Å². The summed E-state index contributed by atoms with van der Waals surface area (Å²) in [4.78, 5) is 5.51. The van der Waals surface area contributed by atoms with E-state index in [9.17, 15) is 0 Å². The van der Waals surface area contributed by atoms with E-state index in [-0.39, 0.29) is 28.4 Å². The van der Waals surface area contributed by atoms with Crippen molar-refractivity contribution in [2.45, 2.75) is 105 Å². The Balaban J connectivity index is 0.923. The highest BCUT2D eigenvalue weighted by molar-refractivity contribution is 7.00. The average molecular weight is 1600 g/mol. The van der Waals surface area contributed by atoms with Crippen LogP contribution >= 0.6 is 0 Å². The summed E-state index contributed by atoms with van der Waals surface area (Å²) in [5.74, 6) is 0. The van der Waals surface area contributed by atoms with Gasteiger partial charge in [0.2, 0.25) is 0 Å². The van der Waals surface area contributed by atoms with Crippen LogP contribution in [0.1, 0.15) is 105 Å². The topological polar surface area (TPSA) is 21.3 Å². The molecule has 2 aliphatic heterocycles. The van der Waals surface area contributed by atoms with E-state index in [2.05, 4.69) is 483 Å². The molecule has 0 fully saturated rings. The van der Waals surface area contributed by atoms with E-state index in [0.29, 0.717) is 0 Å². The van der Waals surface area contributed by atoms with Crippen molar-refractivity contribution < 1.29 is 0 Å². The molecule has 3 aromatic heterocycles. The fourth-order valence-electron chi connectivity index (χ4n) is 20.2. The Labute approximate surface area is 728 Å². The van der Waals surface area contributed by atoms with Crippen LogP contribution in [0.15, 0.2) is 376 Å². The largest absolute Gasteiger partial charge is 0.310 e. The highest BCUT2D eigenvalue weighted by Gasteiger charge is 2.47. The van der Waals surface area contributed by atoms with E-state index in [1.54, 1.807) is 0 Å². The number of para-hydroxylation sites is 4. The maximum atomic E-state index is 2.76. The van der Waals surface area contributed by atoms with Crippen LogP contribution in [0.4, 0.5) is 34.1 Å². The summed E-state index contributed by atoms with van der Waals surface area (Å²) in [6.07, 6.45) is 0. The van der Waals surface area contributed by atoms with Crippen molar-refractivity contribution >= 4 is 123 Å². The number of nitrogens with zero attached hydrogens (tertiary/aromatic N) is 5. The van der Waals surface area contributed by atoms with Crippen LogP contribution < -0.4 is 26.2 Å². The lowest BCUT2D eigenvalue weighted by Crippen LogP contribution is -2.61. The number of aromatic nitrogens is 3. The summed E-state index contributed by atoms with van der Waals surface area (Å²) in [6, 6.07) is 144. The van der Waals surface area contributed by atoms with Gasteiger partial charge in [0, 0.05) is 94.4 Å². The Hall–Kier alpha value is -14.2. The molecule has 17 aromatic carbocycles. The number of benzene rings is 17. The molecule has 0 unspecified atom stereocenters. The maximum Gasteiger partial charge on any atom is 0.252 e. The first kappa shape index (κ1) is 76.0. The molecule has 6 heteroatoms. The van der Waals surface area contributed by atoms with E-state index >= 15 is 0 Å². The predicted octanol–water partition coefficient (Wildman–Crippen LogP) is 30.3. The Morgan fingerprint density at radius 3 is 0.871 bits per heavy atom. The molecule has 124 heavy (non-hydrogen) atoms. The van der Waals surface area contributed by atoms with Crippen molar-refractivity contribution in [3.8, 4) is 83.8 Å². The quantitative estimate of drug-likeness (QED) is 0.120. The molecule has 0 saturated carbocycles. The summed E-state index contributed by atoms with van der Waals surface area (Å²) < 4.78 is 7.45. The van der Waals surface area contributed by atoms with E-state index in [1.807, 2.05) is 0 Å². The number of fused-ring (bicyclic) bond motifs is 13. The molecule has 0 amide bonds. The van der Waals surface area contributed by atoms with E-state index in [4.69, 9.17) is 0 Å². The maximum absolute atomic E-state index is 2.76. The molecular weight excluding hydrogens is 1500 g/mol. The molecule has 0 bridgehead atoms. The van der Waals surface area contributed by atoms with Gasteiger partial charge in [-0.15, -0.1) is 0 Å². The number of hydrogen-bond donors (Lipinski definition) is 0. The van der Waals surface area contributed by atoms with Gasteiger partial charge in [-0.1, -0.05) is 320 Å². The zero-order chi connectivity index (χ0) is 84.4. The summed E-state index contributed by atoms with van der Waals surface area (Å²) in [5.41, 5.74) is 38.7. The smallest absolute Gasteiger partial charge is 0.252 e. The van der Waals surface area contributed by atoms with Gasteiger partial charge in [-0.05, 0) is 244 Å². The van der Waals surface area contributed by atoms with Crippen molar-refractivity contribution in [1.29, 1.82) is 0 Å². The van der Waals surface area contributed by atoms with Crippen molar-refractivity contribution in [3.05, 3.63) is 398 Å². The van der Waals surface area contributed by atoms with E-state index < -0.39 is 0 Å². The predicted molar refractivity (Wildman–Crippen MR) is 531 cm³/mol. The van der Waals surface area contributed by atoms with Gasteiger partial charge in [0.1, 0.15) is 0 Å². The lowest BCUT2D eigenvalue weighted by Gasteiger charge is -2.46. The molecule has 0 radical (unpaired) electrons. The van der Waals surface area contributed by atoms with Gasteiger partial charge in [0.25, 0.3) is 6.71 Å². The summed E-state index contributed by atoms with van der Waals surface area (Å²) in [7, 11) is 0. The summed E-state index contributed by atoms with van der Waals surface area (Å²) >= 11 is 0. The molecule has 598 valence electrons. The molecule has 5 heterocycles. The third kappa shape index (κ3) is 12.5. The van der Waals surface area contributed by atoms with Crippen molar-refractivity contribution in [1.82, 2.24) is 13.7 Å². The minimum Gasteiger partial charge on any atom is -0.310 e. The minimum absolute atomic E-state index is 0.0868. The number of anilines is 6. The SMILES string of the molecule is CC(C)(C)c1cc(-c2ccccc2)c(N2c3cc(-c4ccc5c(c4)c4ccccc4n5-c4ccccc4)ccc3B3c4ccc(-n5c6ccc(C(C)(C)C)cc6c6cc(C(C)(C)C)ccc65)cc4N(c4c(-c5ccccc5)cc(C(C)(C)C)cc4-c4ccccc4)c4cc(-c5ccc6c(c5)c5ccccc5n6-c5ccccc5)cc2c43)c(-c2ccccc2)c1. The normalized spacial score (nSPS) is 13.0. The second-order valence-electron chi connectivity index (χ2n) is 38.5. The van der Waals surface area contributed by atoms with Gasteiger partial charge in [-0.2, -0.15) is 0 Å². The molecule has 22 rings (SSSR count).